The maximum Gasteiger partial charge on any atom is 0.251 e. The first-order valence-corrected chi connectivity index (χ1v) is 9.13. The third-order valence-corrected chi connectivity index (χ3v) is 4.09. The molecule has 1 heterocycles. The molecule has 5 nitrogen and oxygen atoms in total. The van der Waals surface area contributed by atoms with Crippen LogP contribution in [0.5, 0.6) is 0 Å². The number of carbonyl (C=O) groups excluding carboxylic acids is 1. The van der Waals surface area contributed by atoms with E-state index < -0.39 is 0 Å². The molecule has 1 aromatic heterocycles. The molecular weight excluding hydrogens is 308 g/mol. The lowest BCUT2D eigenvalue weighted by atomic mass is 10.2. The van der Waals surface area contributed by atoms with Crippen molar-refractivity contribution >= 4 is 17.7 Å². The molecule has 0 aliphatic heterocycles. The van der Waals surface area contributed by atoms with Crippen LogP contribution in [-0.2, 0) is 13.0 Å². The highest BCUT2D eigenvalue weighted by Crippen LogP contribution is 2.16. The lowest BCUT2D eigenvalue weighted by Gasteiger charge is -2.11. The van der Waals surface area contributed by atoms with E-state index >= 15 is 0 Å². The Morgan fingerprint density at radius 3 is 2.65 bits per heavy atom. The van der Waals surface area contributed by atoms with Gasteiger partial charge in [-0.15, -0.1) is 10.2 Å². The molecule has 6 heteroatoms. The fourth-order valence-corrected chi connectivity index (χ4v) is 2.87. The number of nitrogens with zero attached hydrogens (tertiary/aromatic N) is 3. The van der Waals surface area contributed by atoms with E-state index in [2.05, 4.69) is 33.9 Å². The molecule has 0 aliphatic carbocycles. The normalized spacial score (nSPS) is 11.0. The van der Waals surface area contributed by atoms with Gasteiger partial charge in [0.1, 0.15) is 5.82 Å². The Hall–Kier alpha value is -1.82. The molecule has 2 rings (SSSR count). The highest BCUT2D eigenvalue weighted by molar-refractivity contribution is 7.98. The average Bonchev–Trinajstić information content (AvgIpc) is 2.93. The van der Waals surface area contributed by atoms with Gasteiger partial charge in [0.15, 0.2) is 5.16 Å². The Balaban J connectivity index is 1.84. The van der Waals surface area contributed by atoms with Gasteiger partial charge in [-0.2, -0.15) is 0 Å². The number of hydrogen-bond acceptors (Lipinski definition) is 4. The van der Waals surface area contributed by atoms with Crippen LogP contribution in [-0.4, -0.2) is 33.5 Å². The predicted octanol–water partition coefficient (Wildman–Crippen LogP) is 3.02. The third kappa shape index (κ3) is 5.10. The lowest BCUT2D eigenvalue weighted by molar-refractivity contribution is 0.0953. The molecule has 0 spiro atoms. The van der Waals surface area contributed by atoms with Gasteiger partial charge >= 0.3 is 0 Å². The van der Waals surface area contributed by atoms with Gasteiger partial charge in [-0.25, -0.2) is 0 Å². The van der Waals surface area contributed by atoms with Crippen LogP contribution in [0.15, 0.2) is 35.5 Å². The molecule has 1 amide bonds. The average molecular weight is 332 g/mol. The van der Waals surface area contributed by atoms with Gasteiger partial charge < -0.3 is 9.88 Å². The minimum Gasteiger partial charge on any atom is -0.352 e. The van der Waals surface area contributed by atoms with Crippen LogP contribution in [0.1, 0.15) is 36.5 Å². The summed E-state index contributed by atoms with van der Waals surface area (Å²) < 4.78 is 2.19. The number of aryl methyl sites for hydroxylation is 1. The van der Waals surface area contributed by atoms with Crippen LogP contribution in [0.2, 0.25) is 0 Å². The van der Waals surface area contributed by atoms with E-state index in [0.29, 0.717) is 18.0 Å². The van der Waals surface area contributed by atoms with Crippen molar-refractivity contribution < 1.29 is 4.79 Å². The first-order chi connectivity index (χ1) is 11.1. The van der Waals surface area contributed by atoms with Crippen LogP contribution < -0.4 is 5.32 Å². The summed E-state index contributed by atoms with van der Waals surface area (Å²) in [7, 11) is 0. The number of thioether (sulfide) groups is 1. The zero-order valence-corrected chi connectivity index (χ0v) is 14.8. The van der Waals surface area contributed by atoms with Crippen molar-refractivity contribution in [3.8, 4) is 0 Å². The molecule has 0 bridgehead atoms. The first kappa shape index (κ1) is 17.5. The molecule has 0 fully saturated rings. The zero-order chi connectivity index (χ0) is 16.7. The SMILES string of the molecule is CSc1nnc(CCCNC(=O)c2ccccc2)n1CC(C)C. The topological polar surface area (TPSA) is 59.8 Å². The summed E-state index contributed by atoms with van der Waals surface area (Å²) in [6, 6.07) is 9.28. The molecule has 0 saturated carbocycles. The van der Waals surface area contributed by atoms with Crippen molar-refractivity contribution in [1.29, 1.82) is 0 Å². The van der Waals surface area contributed by atoms with E-state index in [1.807, 2.05) is 36.6 Å². The van der Waals surface area contributed by atoms with E-state index in [1.54, 1.807) is 11.8 Å². The number of rotatable bonds is 8. The Labute approximate surface area is 141 Å². The number of aromatic nitrogens is 3. The molecule has 0 saturated heterocycles. The first-order valence-electron chi connectivity index (χ1n) is 7.91. The maximum absolute atomic E-state index is 12.0. The predicted molar refractivity (Wildman–Crippen MR) is 93.7 cm³/mol. The van der Waals surface area contributed by atoms with Crippen LogP contribution >= 0.6 is 11.8 Å². The van der Waals surface area contributed by atoms with Crippen molar-refractivity contribution in [3.63, 3.8) is 0 Å². The Kier molecular flexibility index (Phi) is 6.65. The van der Waals surface area contributed by atoms with Crippen LogP contribution in [0.4, 0.5) is 0 Å². The molecule has 124 valence electrons. The molecule has 2 aromatic rings. The van der Waals surface area contributed by atoms with Gasteiger partial charge in [-0.05, 0) is 30.7 Å². The molecule has 0 atom stereocenters. The second kappa shape index (κ2) is 8.72. The molecule has 1 aromatic carbocycles. The maximum atomic E-state index is 12.0. The molecule has 1 N–H and O–H groups in total. The Morgan fingerprint density at radius 1 is 1.26 bits per heavy atom. The minimum absolute atomic E-state index is 0.0287. The number of amides is 1. The van der Waals surface area contributed by atoms with Crippen LogP contribution in [0.25, 0.3) is 0 Å². The summed E-state index contributed by atoms with van der Waals surface area (Å²) in [6.07, 6.45) is 3.68. The zero-order valence-electron chi connectivity index (χ0n) is 14.0. The van der Waals surface area contributed by atoms with Crippen molar-refractivity contribution in [1.82, 2.24) is 20.1 Å². The summed E-state index contributed by atoms with van der Waals surface area (Å²) in [5, 5.41) is 12.4. The van der Waals surface area contributed by atoms with Gasteiger partial charge in [0, 0.05) is 25.1 Å². The minimum atomic E-state index is -0.0287. The Morgan fingerprint density at radius 2 is 2.00 bits per heavy atom. The largest absolute Gasteiger partial charge is 0.352 e. The van der Waals surface area contributed by atoms with Gasteiger partial charge in [0.05, 0.1) is 0 Å². The van der Waals surface area contributed by atoms with E-state index in [9.17, 15) is 4.79 Å². The highest BCUT2D eigenvalue weighted by atomic mass is 32.2. The van der Waals surface area contributed by atoms with Crippen LogP contribution in [0.3, 0.4) is 0 Å². The monoisotopic (exact) mass is 332 g/mol. The third-order valence-electron chi connectivity index (χ3n) is 3.42. The quantitative estimate of drug-likeness (QED) is 0.596. The Bertz CT molecular complexity index is 625. The molecular formula is C17H24N4OS. The van der Waals surface area contributed by atoms with Crippen molar-refractivity contribution in [2.45, 2.75) is 38.4 Å². The number of carbonyl (C=O) groups is 1. The molecule has 0 aliphatic rings. The van der Waals surface area contributed by atoms with E-state index in [1.165, 1.54) is 0 Å². The molecule has 23 heavy (non-hydrogen) atoms. The lowest BCUT2D eigenvalue weighted by Crippen LogP contribution is -2.25. The standard InChI is InChI=1S/C17H24N4OS/c1-13(2)12-21-15(19-20-17(21)23-3)10-7-11-18-16(22)14-8-5-4-6-9-14/h4-6,8-9,13H,7,10-12H2,1-3H3,(H,18,22). The van der Waals surface area contributed by atoms with Crippen molar-refractivity contribution in [3.05, 3.63) is 41.7 Å². The van der Waals surface area contributed by atoms with Gasteiger partial charge in [-0.1, -0.05) is 43.8 Å². The molecule has 0 unspecified atom stereocenters. The summed E-state index contributed by atoms with van der Waals surface area (Å²) in [4.78, 5) is 12.0. The number of hydrogen-bond donors (Lipinski definition) is 1. The highest BCUT2D eigenvalue weighted by Gasteiger charge is 2.12. The number of benzene rings is 1. The summed E-state index contributed by atoms with van der Waals surface area (Å²) in [6.45, 7) is 5.94. The summed E-state index contributed by atoms with van der Waals surface area (Å²) >= 11 is 1.62. The fourth-order valence-electron chi connectivity index (χ4n) is 2.34. The van der Waals surface area contributed by atoms with E-state index in [-0.39, 0.29) is 5.91 Å². The van der Waals surface area contributed by atoms with Crippen molar-refractivity contribution in [2.75, 3.05) is 12.8 Å². The smallest absolute Gasteiger partial charge is 0.251 e. The fraction of sp³-hybridized carbons (Fsp3) is 0.471. The second-order valence-electron chi connectivity index (χ2n) is 5.83. The van der Waals surface area contributed by atoms with E-state index in [0.717, 1.165) is 30.4 Å². The summed E-state index contributed by atoms with van der Waals surface area (Å²) in [5.41, 5.74) is 0.695. The van der Waals surface area contributed by atoms with Gasteiger partial charge in [-0.3, -0.25) is 4.79 Å². The summed E-state index contributed by atoms with van der Waals surface area (Å²) in [5.74, 6) is 1.52. The van der Waals surface area contributed by atoms with E-state index in [4.69, 9.17) is 0 Å². The second-order valence-corrected chi connectivity index (χ2v) is 6.61. The van der Waals surface area contributed by atoms with Gasteiger partial charge in [0.2, 0.25) is 0 Å². The number of nitrogens with one attached hydrogen (secondary N) is 1. The van der Waals surface area contributed by atoms with Crippen molar-refractivity contribution in [2.24, 2.45) is 5.92 Å². The van der Waals surface area contributed by atoms with Crippen LogP contribution in [0, 0.1) is 5.92 Å². The molecule has 0 radical (unpaired) electrons. The van der Waals surface area contributed by atoms with Gasteiger partial charge in [0.25, 0.3) is 5.91 Å².